The van der Waals surface area contributed by atoms with Crippen molar-refractivity contribution >= 4 is 6.03 Å². The Balaban J connectivity index is 1.40. The van der Waals surface area contributed by atoms with Gasteiger partial charge in [0.2, 0.25) is 5.89 Å². The first-order chi connectivity index (χ1) is 11.1. The van der Waals surface area contributed by atoms with Gasteiger partial charge in [0, 0.05) is 30.9 Å². The van der Waals surface area contributed by atoms with Crippen molar-refractivity contribution < 1.29 is 14.1 Å². The summed E-state index contributed by atoms with van der Waals surface area (Å²) in [5.41, 5.74) is 0.197. The summed E-state index contributed by atoms with van der Waals surface area (Å²) in [4.78, 5) is 16.7. The van der Waals surface area contributed by atoms with Crippen molar-refractivity contribution in [3.05, 3.63) is 11.7 Å². The minimum absolute atomic E-state index is 0.138. The molecule has 4 rings (SSSR count). The number of aryl methyl sites for hydroxylation is 1. The van der Waals surface area contributed by atoms with E-state index in [0.717, 1.165) is 19.4 Å². The molecule has 126 valence electrons. The van der Waals surface area contributed by atoms with Gasteiger partial charge in [0.15, 0.2) is 5.82 Å². The molecule has 0 aromatic carbocycles. The lowest BCUT2D eigenvalue weighted by Gasteiger charge is -2.63. The van der Waals surface area contributed by atoms with Crippen LogP contribution in [-0.4, -0.2) is 34.9 Å². The minimum atomic E-state index is -0.222. The SMILES string of the molecule is CC[C@H](NC(=O)N[C@@H]1[C@H]2CCO[C@H]2C12CCC2)c1noc(C)n1. The monoisotopic (exact) mass is 320 g/mol. The minimum Gasteiger partial charge on any atom is -0.377 e. The van der Waals surface area contributed by atoms with Gasteiger partial charge in [0.25, 0.3) is 0 Å². The van der Waals surface area contributed by atoms with Crippen LogP contribution in [0.4, 0.5) is 4.79 Å². The molecule has 0 radical (unpaired) electrons. The van der Waals surface area contributed by atoms with Crippen LogP contribution in [0, 0.1) is 18.3 Å². The van der Waals surface area contributed by atoms with E-state index in [9.17, 15) is 4.79 Å². The van der Waals surface area contributed by atoms with Gasteiger partial charge in [-0.25, -0.2) is 4.79 Å². The smallest absolute Gasteiger partial charge is 0.315 e. The van der Waals surface area contributed by atoms with Gasteiger partial charge in [-0.15, -0.1) is 0 Å². The summed E-state index contributed by atoms with van der Waals surface area (Å²) in [7, 11) is 0. The second kappa shape index (κ2) is 5.47. The molecular weight excluding hydrogens is 296 g/mol. The number of urea groups is 1. The highest BCUT2D eigenvalue weighted by Gasteiger charge is 2.67. The maximum Gasteiger partial charge on any atom is 0.315 e. The summed E-state index contributed by atoms with van der Waals surface area (Å²) in [5, 5.41) is 10.1. The van der Waals surface area contributed by atoms with Gasteiger partial charge >= 0.3 is 6.03 Å². The van der Waals surface area contributed by atoms with Crippen LogP contribution < -0.4 is 10.6 Å². The number of fused-ring (bicyclic) bond motifs is 2. The molecule has 7 nitrogen and oxygen atoms in total. The molecule has 4 atom stereocenters. The van der Waals surface area contributed by atoms with E-state index in [1.807, 2.05) is 6.92 Å². The first kappa shape index (κ1) is 14.9. The number of aromatic nitrogens is 2. The molecular formula is C16H24N4O3. The first-order valence-electron chi connectivity index (χ1n) is 8.63. The maximum absolute atomic E-state index is 12.5. The zero-order valence-electron chi connectivity index (χ0n) is 13.7. The Bertz CT molecular complexity index is 598. The summed E-state index contributed by atoms with van der Waals surface area (Å²) < 4.78 is 10.9. The van der Waals surface area contributed by atoms with Crippen molar-refractivity contribution in [2.45, 2.75) is 64.1 Å². The third-order valence-electron chi connectivity index (χ3n) is 5.89. The van der Waals surface area contributed by atoms with Gasteiger partial charge in [-0.1, -0.05) is 18.5 Å². The summed E-state index contributed by atoms with van der Waals surface area (Å²) in [6.07, 6.45) is 5.71. The quantitative estimate of drug-likeness (QED) is 0.886. The van der Waals surface area contributed by atoms with Crippen LogP contribution in [-0.2, 0) is 4.74 Å². The number of hydrogen-bond donors (Lipinski definition) is 2. The first-order valence-corrected chi connectivity index (χ1v) is 8.63. The Morgan fingerprint density at radius 1 is 1.48 bits per heavy atom. The number of nitrogens with one attached hydrogen (secondary N) is 2. The molecule has 2 saturated carbocycles. The Morgan fingerprint density at radius 2 is 2.30 bits per heavy atom. The number of rotatable bonds is 4. The molecule has 3 fully saturated rings. The van der Waals surface area contributed by atoms with Gasteiger partial charge in [-0.05, 0) is 25.7 Å². The molecule has 1 spiro atoms. The zero-order valence-corrected chi connectivity index (χ0v) is 13.7. The lowest BCUT2D eigenvalue weighted by molar-refractivity contribution is -0.172. The Morgan fingerprint density at radius 3 is 2.91 bits per heavy atom. The van der Waals surface area contributed by atoms with E-state index < -0.39 is 0 Å². The highest BCUT2D eigenvalue weighted by molar-refractivity contribution is 5.75. The second-order valence-corrected chi connectivity index (χ2v) is 7.06. The fourth-order valence-electron chi connectivity index (χ4n) is 4.60. The van der Waals surface area contributed by atoms with Crippen LogP contribution in [0.1, 0.15) is 56.8 Å². The molecule has 1 saturated heterocycles. The largest absolute Gasteiger partial charge is 0.377 e. The fraction of sp³-hybridized carbons (Fsp3) is 0.812. The molecule has 1 aromatic rings. The van der Waals surface area contributed by atoms with Crippen LogP contribution in [0.5, 0.6) is 0 Å². The molecule has 0 bridgehead atoms. The normalized spacial score (nSPS) is 31.8. The highest BCUT2D eigenvalue weighted by atomic mass is 16.5. The standard InChI is InChI=1S/C16H24N4O3/c1-3-11(14-17-9(2)23-20-14)18-15(21)19-12-10-5-8-22-13(10)16(12)6-4-7-16/h10-13H,3-8H2,1-2H3,(H2,18,19,21)/t10-,11+,12-,13-/m1/s1. The molecule has 1 aliphatic heterocycles. The second-order valence-electron chi connectivity index (χ2n) is 7.06. The van der Waals surface area contributed by atoms with Crippen molar-refractivity contribution in [2.24, 2.45) is 11.3 Å². The van der Waals surface area contributed by atoms with Gasteiger partial charge in [-0.2, -0.15) is 4.98 Å². The van der Waals surface area contributed by atoms with E-state index in [1.54, 1.807) is 6.92 Å². The zero-order chi connectivity index (χ0) is 16.0. The predicted molar refractivity (Wildman–Crippen MR) is 81.7 cm³/mol. The summed E-state index contributed by atoms with van der Waals surface area (Å²) in [6, 6.07) is -0.116. The van der Waals surface area contributed by atoms with Crippen LogP contribution in [0.25, 0.3) is 0 Å². The Kier molecular flexibility index (Phi) is 3.55. The van der Waals surface area contributed by atoms with Gasteiger partial charge in [0.05, 0.1) is 12.1 Å². The molecule has 2 aliphatic carbocycles. The van der Waals surface area contributed by atoms with Crippen molar-refractivity contribution in [3.8, 4) is 0 Å². The molecule has 3 aliphatic rings. The van der Waals surface area contributed by atoms with E-state index in [1.165, 1.54) is 19.3 Å². The molecule has 2 heterocycles. The number of amides is 2. The van der Waals surface area contributed by atoms with Gasteiger partial charge < -0.3 is 19.9 Å². The van der Waals surface area contributed by atoms with Crippen molar-refractivity contribution in [1.82, 2.24) is 20.8 Å². The van der Waals surface area contributed by atoms with E-state index in [0.29, 0.717) is 23.7 Å². The molecule has 23 heavy (non-hydrogen) atoms. The van der Waals surface area contributed by atoms with Crippen molar-refractivity contribution in [3.63, 3.8) is 0 Å². The molecule has 2 amide bonds. The predicted octanol–water partition coefficient (Wildman–Crippen LogP) is 2.09. The van der Waals surface area contributed by atoms with E-state index in [2.05, 4.69) is 20.8 Å². The van der Waals surface area contributed by atoms with Gasteiger partial charge in [-0.3, -0.25) is 0 Å². The van der Waals surface area contributed by atoms with Gasteiger partial charge in [0.1, 0.15) is 0 Å². The van der Waals surface area contributed by atoms with Crippen LogP contribution in [0.15, 0.2) is 4.52 Å². The molecule has 1 aromatic heterocycles. The van der Waals surface area contributed by atoms with Crippen LogP contribution in [0.3, 0.4) is 0 Å². The average Bonchev–Trinajstić information content (AvgIpc) is 3.08. The van der Waals surface area contributed by atoms with Crippen molar-refractivity contribution in [2.75, 3.05) is 6.61 Å². The molecule has 7 heteroatoms. The number of carbonyl (C=O) groups excluding carboxylic acids is 1. The summed E-state index contributed by atoms with van der Waals surface area (Å²) in [6.45, 7) is 4.57. The lowest BCUT2D eigenvalue weighted by atomic mass is 9.46. The summed E-state index contributed by atoms with van der Waals surface area (Å²) >= 11 is 0. The number of nitrogens with zero attached hydrogens (tertiary/aromatic N) is 2. The van der Waals surface area contributed by atoms with E-state index in [-0.39, 0.29) is 23.5 Å². The molecule has 0 unspecified atom stereocenters. The van der Waals surface area contributed by atoms with Crippen LogP contribution in [0.2, 0.25) is 0 Å². The fourth-order valence-corrected chi connectivity index (χ4v) is 4.60. The third-order valence-corrected chi connectivity index (χ3v) is 5.89. The number of carbonyl (C=O) groups is 1. The maximum atomic E-state index is 12.5. The van der Waals surface area contributed by atoms with E-state index >= 15 is 0 Å². The van der Waals surface area contributed by atoms with E-state index in [4.69, 9.17) is 9.26 Å². The summed E-state index contributed by atoms with van der Waals surface area (Å²) in [5.74, 6) is 1.53. The lowest BCUT2D eigenvalue weighted by Crippen LogP contribution is -2.72. The average molecular weight is 320 g/mol. The van der Waals surface area contributed by atoms with Crippen LogP contribution >= 0.6 is 0 Å². The Labute approximate surface area is 135 Å². The molecule has 2 N–H and O–H groups in total. The third kappa shape index (κ3) is 2.24. The van der Waals surface area contributed by atoms with Crippen molar-refractivity contribution in [1.29, 1.82) is 0 Å². The topological polar surface area (TPSA) is 89.3 Å². The number of hydrogen-bond acceptors (Lipinski definition) is 5. The highest BCUT2D eigenvalue weighted by Crippen LogP contribution is 2.62. The number of ether oxygens (including phenoxy) is 1. The Hall–Kier alpha value is -1.63.